The molecule has 0 saturated heterocycles. The van der Waals surface area contributed by atoms with Crippen LogP contribution in [-0.4, -0.2) is 26.1 Å². The predicted molar refractivity (Wildman–Crippen MR) is 70.6 cm³/mol. The van der Waals surface area contributed by atoms with Crippen LogP contribution in [-0.2, 0) is 11.2 Å². The number of aryl methyl sites for hydroxylation is 1. The second kappa shape index (κ2) is 8.84. The van der Waals surface area contributed by atoms with Crippen molar-refractivity contribution in [3.05, 3.63) is 29.8 Å². The van der Waals surface area contributed by atoms with Crippen LogP contribution in [0.3, 0.4) is 0 Å². The average Bonchev–Trinajstić information content (AvgIpc) is 2.35. The number of benzene rings is 1. The Bertz CT molecular complexity index is 328. The Labute approximate surface area is 108 Å². The van der Waals surface area contributed by atoms with Gasteiger partial charge in [0.15, 0.2) is 0 Å². The summed E-state index contributed by atoms with van der Waals surface area (Å²) >= 11 is 0. The zero-order valence-corrected chi connectivity index (χ0v) is 10.8. The molecule has 3 N–H and O–H groups in total. The van der Waals surface area contributed by atoms with Crippen LogP contribution in [0, 0.1) is 0 Å². The summed E-state index contributed by atoms with van der Waals surface area (Å²) in [5.41, 5.74) is 6.41. The van der Waals surface area contributed by atoms with Crippen molar-refractivity contribution in [1.29, 1.82) is 0 Å². The Kier molecular flexibility index (Phi) is 8.19. The summed E-state index contributed by atoms with van der Waals surface area (Å²) in [7, 11) is 1.65. The van der Waals surface area contributed by atoms with Gasteiger partial charge >= 0.3 is 0 Å². The van der Waals surface area contributed by atoms with Gasteiger partial charge in [-0.2, -0.15) is 0 Å². The molecule has 0 bridgehead atoms. The van der Waals surface area contributed by atoms with Crippen LogP contribution in [0.25, 0.3) is 0 Å². The minimum Gasteiger partial charge on any atom is -0.497 e. The lowest BCUT2D eigenvalue weighted by Crippen LogP contribution is -2.31. The highest BCUT2D eigenvalue weighted by Crippen LogP contribution is 2.12. The average molecular weight is 259 g/mol. The number of rotatable bonds is 6. The molecule has 0 fully saturated rings. The normalized spacial score (nSPS) is 9.29. The van der Waals surface area contributed by atoms with Crippen LogP contribution in [0.4, 0.5) is 0 Å². The maximum absolute atomic E-state index is 10.9. The van der Waals surface area contributed by atoms with Gasteiger partial charge in [-0.3, -0.25) is 4.79 Å². The van der Waals surface area contributed by atoms with Gasteiger partial charge in [0.05, 0.1) is 13.7 Å². The molecule has 5 heteroatoms. The number of carbonyl (C=O) groups excluding carboxylic acids is 1. The number of amides is 1. The van der Waals surface area contributed by atoms with Crippen molar-refractivity contribution < 1.29 is 9.53 Å². The minimum atomic E-state index is -0.102. The van der Waals surface area contributed by atoms with E-state index in [1.54, 1.807) is 7.11 Å². The number of carbonyl (C=O) groups is 1. The van der Waals surface area contributed by atoms with Crippen molar-refractivity contribution in [2.45, 2.75) is 12.8 Å². The van der Waals surface area contributed by atoms with Gasteiger partial charge in [0.2, 0.25) is 5.91 Å². The largest absolute Gasteiger partial charge is 0.497 e. The summed E-state index contributed by atoms with van der Waals surface area (Å²) in [6.45, 7) is 0.727. The smallest absolute Gasteiger partial charge is 0.233 e. The maximum Gasteiger partial charge on any atom is 0.233 e. The number of nitrogens with two attached hydrogens (primary N) is 1. The van der Waals surface area contributed by atoms with E-state index < -0.39 is 0 Å². The fourth-order valence-corrected chi connectivity index (χ4v) is 1.38. The topological polar surface area (TPSA) is 64.3 Å². The van der Waals surface area contributed by atoms with E-state index in [4.69, 9.17) is 10.5 Å². The molecule has 0 radical (unpaired) electrons. The highest BCUT2D eigenvalue weighted by molar-refractivity contribution is 5.85. The SMILES string of the molecule is COc1ccc(CCCNC(=O)CN)cc1.Cl. The molecular weight excluding hydrogens is 240 g/mol. The third-order valence-corrected chi connectivity index (χ3v) is 2.31. The molecule has 1 amide bonds. The zero-order chi connectivity index (χ0) is 11.8. The summed E-state index contributed by atoms with van der Waals surface area (Å²) < 4.78 is 5.07. The lowest BCUT2D eigenvalue weighted by molar-refractivity contribution is -0.119. The lowest BCUT2D eigenvalue weighted by atomic mass is 10.1. The summed E-state index contributed by atoms with van der Waals surface area (Å²) in [4.78, 5) is 10.9. The van der Waals surface area contributed by atoms with E-state index in [9.17, 15) is 4.79 Å². The quantitative estimate of drug-likeness (QED) is 0.752. The van der Waals surface area contributed by atoms with Gasteiger partial charge in [-0.05, 0) is 30.5 Å². The molecule has 0 unspecified atom stereocenters. The number of halogens is 1. The molecule has 0 aromatic heterocycles. The highest BCUT2D eigenvalue weighted by atomic mass is 35.5. The first-order valence-electron chi connectivity index (χ1n) is 5.36. The van der Waals surface area contributed by atoms with E-state index >= 15 is 0 Å². The molecule has 4 nitrogen and oxygen atoms in total. The third-order valence-electron chi connectivity index (χ3n) is 2.31. The van der Waals surface area contributed by atoms with Crippen molar-refractivity contribution in [1.82, 2.24) is 5.32 Å². The first kappa shape index (κ1) is 15.7. The zero-order valence-electron chi connectivity index (χ0n) is 9.94. The van der Waals surface area contributed by atoms with Crippen molar-refractivity contribution in [3.8, 4) is 5.75 Å². The van der Waals surface area contributed by atoms with Gasteiger partial charge < -0.3 is 15.8 Å². The first-order valence-corrected chi connectivity index (χ1v) is 5.36. The van der Waals surface area contributed by atoms with E-state index in [0.29, 0.717) is 6.54 Å². The van der Waals surface area contributed by atoms with E-state index in [1.807, 2.05) is 24.3 Å². The van der Waals surface area contributed by atoms with Crippen molar-refractivity contribution >= 4 is 18.3 Å². The van der Waals surface area contributed by atoms with E-state index in [0.717, 1.165) is 18.6 Å². The van der Waals surface area contributed by atoms with E-state index in [-0.39, 0.29) is 24.9 Å². The summed E-state index contributed by atoms with van der Waals surface area (Å²) in [5.74, 6) is 0.759. The summed E-state index contributed by atoms with van der Waals surface area (Å²) in [6, 6.07) is 7.94. The van der Waals surface area contributed by atoms with Crippen LogP contribution in [0.2, 0.25) is 0 Å². The molecule has 1 rings (SSSR count). The number of hydrogen-bond donors (Lipinski definition) is 2. The summed E-state index contributed by atoms with van der Waals surface area (Å²) in [6.07, 6.45) is 1.85. The van der Waals surface area contributed by atoms with Gasteiger partial charge in [-0.15, -0.1) is 12.4 Å². The van der Waals surface area contributed by atoms with Crippen LogP contribution < -0.4 is 15.8 Å². The monoisotopic (exact) mass is 258 g/mol. The van der Waals surface area contributed by atoms with Crippen LogP contribution in [0.5, 0.6) is 5.75 Å². The Balaban J connectivity index is 0.00000256. The van der Waals surface area contributed by atoms with Crippen LogP contribution in [0.1, 0.15) is 12.0 Å². The molecule has 1 aromatic rings. The Hall–Kier alpha value is -1.26. The molecule has 1 aromatic carbocycles. The molecular formula is C12H19ClN2O2. The molecule has 0 heterocycles. The molecule has 0 saturated carbocycles. The van der Waals surface area contributed by atoms with Gasteiger partial charge in [0.1, 0.15) is 5.75 Å². The fourth-order valence-electron chi connectivity index (χ4n) is 1.38. The lowest BCUT2D eigenvalue weighted by Gasteiger charge is -2.04. The Morgan fingerprint density at radius 3 is 2.53 bits per heavy atom. The van der Waals surface area contributed by atoms with Gasteiger partial charge in [0.25, 0.3) is 0 Å². The minimum absolute atomic E-state index is 0. The second-order valence-corrected chi connectivity index (χ2v) is 3.51. The molecule has 0 aliphatic rings. The molecule has 0 aliphatic carbocycles. The standard InChI is InChI=1S/C12H18N2O2.ClH/c1-16-11-6-4-10(5-7-11)3-2-8-14-12(15)9-13;/h4-7H,2-3,8-9,13H2,1H3,(H,14,15);1H. The van der Waals surface area contributed by atoms with Crippen molar-refractivity contribution in [2.75, 3.05) is 20.2 Å². The van der Waals surface area contributed by atoms with E-state index in [1.165, 1.54) is 5.56 Å². The van der Waals surface area contributed by atoms with Gasteiger partial charge in [-0.1, -0.05) is 12.1 Å². The second-order valence-electron chi connectivity index (χ2n) is 3.51. The number of hydrogen-bond acceptors (Lipinski definition) is 3. The van der Waals surface area contributed by atoms with Crippen molar-refractivity contribution in [2.24, 2.45) is 5.73 Å². The number of ether oxygens (including phenoxy) is 1. The molecule has 0 aliphatic heterocycles. The summed E-state index contributed by atoms with van der Waals surface area (Å²) in [5, 5.41) is 2.74. The Morgan fingerprint density at radius 2 is 2.00 bits per heavy atom. The Morgan fingerprint density at radius 1 is 1.35 bits per heavy atom. The van der Waals surface area contributed by atoms with Crippen LogP contribution in [0.15, 0.2) is 24.3 Å². The number of nitrogens with one attached hydrogen (secondary N) is 1. The third kappa shape index (κ3) is 6.14. The fraction of sp³-hybridized carbons (Fsp3) is 0.417. The van der Waals surface area contributed by atoms with Crippen LogP contribution >= 0.6 is 12.4 Å². The first-order chi connectivity index (χ1) is 7.76. The molecule has 0 spiro atoms. The van der Waals surface area contributed by atoms with E-state index in [2.05, 4.69) is 5.32 Å². The van der Waals surface area contributed by atoms with Gasteiger partial charge in [0, 0.05) is 6.54 Å². The maximum atomic E-state index is 10.9. The van der Waals surface area contributed by atoms with Crippen molar-refractivity contribution in [3.63, 3.8) is 0 Å². The van der Waals surface area contributed by atoms with Gasteiger partial charge in [-0.25, -0.2) is 0 Å². The number of methoxy groups -OCH3 is 1. The molecule has 96 valence electrons. The predicted octanol–water partition coefficient (Wildman–Crippen LogP) is 1.12. The molecule has 0 atom stereocenters. The molecule has 17 heavy (non-hydrogen) atoms. The highest BCUT2D eigenvalue weighted by Gasteiger charge is 1.97.